The Kier molecular flexibility index (Phi) is 11.0. The number of azo groups is 1. The fourth-order valence-electron chi connectivity index (χ4n) is 4.41. The van der Waals surface area contributed by atoms with Gasteiger partial charge < -0.3 is 15.3 Å². The number of rotatable bonds is 15. The minimum Gasteiger partial charge on any atom is -0.492 e. The molecular formula is C25H26N6O15S4. The monoisotopic (exact) mass is 778 g/mol. The van der Waals surface area contributed by atoms with Crippen LogP contribution in [0.15, 0.2) is 79.9 Å². The van der Waals surface area contributed by atoms with E-state index < -0.39 is 92.6 Å². The summed E-state index contributed by atoms with van der Waals surface area (Å²) in [6.45, 7) is -0.877. The van der Waals surface area contributed by atoms with Crippen LogP contribution in [-0.4, -0.2) is 97.5 Å². The lowest BCUT2D eigenvalue weighted by Gasteiger charge is -2.11. The molecule has 4 rings (SSSR count). The lowest BCUT2D eigenvalue weighted by atomic mass is 10.0. The third-order valence-electron chi connectivity index (χ3n) is 6.83. The predicted octanol–water partition coefficient (Wildman–Crippen LogP) is 1.46. The van der Waals surface area contributed by atoms with E-state index in [0.29, 0.717) is 5.56 Å². The van der Waals surface area contributed by atoms with Crippen LogP contribution in [0.1, 0.15) is 17.5 Å². The number of hydrogen-bond donors (Lipinski definition) is 5. The highest BCUT2D eigenvalue weighted by molar-refractivity contribution is 7.91. The highest BCUT2D eigenvalue weighted by Crippen LogP contribution is 2.39. The SMILES string of the molecule is CN(N=O)S(=O)(=O)CCc1ccc2c(S(=O)(=O)O)c(N=Nc3c(C(O)O)nn(-c4ccc(S(=O)(=O)CCOS(=O)(=O)O)cc4)c3O)ccc2c1. The van der Waals surface area contributed by atoms with Gasteiger partial charge in [0.2, 0.25) is 5.88 Å². The van der Waals surface area contributed by atoms with Gasteiger partial charge in [-0.25, -0.2) is 21.0 Å². The molecule has 0 amide bonds. The minimum absolute atomic E-state index is 0.0408. The van der Waals surface area contributed by atoms with Crippen molar-refractivity contribution < 1.29 is 62.3 Å². The lowest BCUT2D eigenvalue weighted by Crippen LogP contribution is -2.24. The predicted molar refractivity (Wildman–Crippen MR) is 171 cm³/mol. The standard InChI is InChI=1S/C25H26N6O15S4/c1-30(29-35)48(38,39)12-10-15-2-8-19-16(14-15)3-9-20(23(19)49(40,41)42)26-27-21-22(25(33)34)28-31(24(21)32)17-4-6-18(7-5-17)47(36,37)13-11-46-50(43,44)45/h2-9,14,25,32-34H,10-13H2,1H3,(H,40,41,42)(H,43,44,45). The molecule has 0 aliphatic carbocycles. The number of benzene rings is 3. The van der Waals surface area contributed by atoms with Gasteiger partial charge >= 0.3 is 10.4 Å². The van der Waals surface area contributed by atoms with Crippen molar-refractivity contribution in [3.63, 3.8) is 0 Å². The summed E-state index contributed by atoms with van der Waals surface area (Å²) in [5.41, 5.74) is -1.42. The molecule has 21 nitrogen and oxygen atoms in total. The molecule has 0 unspecified atom stereocenters. The fraction of sp³-hybridized carbons (Fsp3) is 0.240. The van der Waals surface area contributed by atoms with E-state index in [-0.39, 0.29) is 32.2 Å². The second-order valence-corrected chi connectivity index (χ2v) is 16.8. The zero-order valence-corrected chi connectivity index (χ0v) is 28.5. The third kappa shape index (κ3) is 8.81. The topological polar surface area (TPSA) is 322 Å². The van der Waals surface area contributed by atoms with Crippen LogP contribution in [0.5, 0.6) is 5.88 Å². The number of aromatic hydroxyl groups is 1. The maximum Gasteiger partial charge on any atom is 0.397 e. The number of nitroso groups, excluding NO2 is 1. The van der Waals surface area contributed by atoms with Crippen molar-refractivity contribution in [3.05, 3.63) is 70.8 Å². The summed E-state index contributed by atoms with van der Waals surface area (Å²) in [6, 6.07) is 10.9. The summed E-state index contributed by atoms with van der Waals surface area (Å²) >= 11 is 0. The Morgan fingerprint density at radius 3 is 2.14 bits per heavy atom. The summed E-state index contributed by atoms with van der Waals surface area (Å²) < 4.78 is 119. The smallest absolute Gasteiger partial charge is 0.397 e. The Bertz CT molecular complexity index is 2410. The van der Waals surface area contributed by atoms with E-state index in [2.05, 4.69) is 24.8 Å². The molecule has 5 N–H and O–H groups in total. The number of fused-ring (bicyclic) bond motifs is 1. The number of aliphatic hydroxyl groups excluding tert-OH is 1. The van der Waals surface area contributed by atoms with Crippen LogP contribution in [0.4, 0.5) is 11.4 Å². The van der Waals surface area contributed by atoms with Gasteiger partial charge in [0.25, 0.3) is 20.1 Å². The van der Waals surface area contributed by atoms with Crippen LogP contribution in [0.2, 0.25) is 0 Å². The molecule has 0 aliphatic rings. The molecule has 0 aliphatic heterocycles. The van der Waals surface area contributed by atoms with E-state index in [1.54, 1.807) is 0 Å². The highest BCUT2D eigenvalue weighted by Gasteiger charge is 2.26. The number of aryl methyl sites for hydroxylation is 1. The van der Waals surface area contributed by atoms with Gasteiger partial charge in [0.05, 0.1) is 34.0 Å². The Labute approximate surface area is 283 Å². The van der Waals surface area contributed by atoms with E-state index in [9.17, 15) is 58.5 Å². The van der Waals surface area contributed by atoms with Crippen molar-refractivity contribution in [1.29, 1.82) is 0 Å². The molecule has 4 aromatic rings. The highest BCUT2D eigenvalue weighted by atomic mass is 32.3. The molecule has 3 aromatic carbocycles. The van der Waals surface area contributed by atoms with Gasteiger partial charge in [-0.2, -0.15) is 31.0 Å². The first-order valence-corrected chi connectivity index (χ1v) is 19.6. The molecule has 270 valence electrons. The molecule has 0 bridgehead atoms. The van der Waals surface area contributed by atoms with E-state index >= 15 is 0 Å². The van der Waals surface area contributed by atoms with Crippen molar-refractivity contribution in [1.82, 2.24) is 14.2 Å². The van der Waals surface area contributed by atoms with Gasteiger partial charge in [-0.3, -0.25) is 9.11 Å². The molecule has 0 saturated heterocycles. The number of aromatic nitrogens is 2. The number of sulfonamides is 1. The summed E-state index contributed by atoms with van der Waals surface area (Å²) in [7, 11) is -17.0. The molecule has 0 atom stereocenters. The van der Waals surface area contributed by atoms with Crippen LogP contribution in [0.3, 0.4) is 0 Å². The average Bonchev–Trinajstić information content (AvgIpc) is 3.36. The quantitative estimate of drug-likeness (QED) is 0.0375. The Hall–Kier alpha value is -4.47. The van der Waals surface area contributed by atoms with Gasteiger partial charge in [0.15, 0.2) is 21.8 Å². The van der Waals surface area contributed by atoms with Crippen molar-refractivity contribution in [3.8, 4) is 11.6 Å². The van der Waals surface area contributed by atoms with Crippen LogP contribution in [0.25, 0.3) is 16.5 Å². The normalized spacial score (nSPS) is 13.0. The Morgan fingerprint density at radius 1 is 0.900 bits per heavy atom. The number of hydrogen-bond acceptors (Lipinski definition) is 17. The number of aliphatic hydroxyl groups is 2. The van der Waals surface area contributed by atoms with Gasteiger partial charge in [0.1, 0.15) is 16.3 Å². The van der Waals surface area contributed by atoms with Crippen molar-refractivity contribution in [2.75, 3.05) is 25.2 Å². The largest absolute Gasteiger partial charge is 0.492 e. The van der Waals surface area contributed by atoms with Gasteiger partial charge in [-0.05, 0) is 47.7 Å². The van der Waals surface area contributed by atoms with Crippen LogP contribution < -0.4 is 0 Å². The first kappa shape index (κ1) is 38.3. The average molecular weight is 779 g/mol. The first-order chi connectivity index (χ1) is 23.1. The number of nitrogens with zero attached hydrogens (tertiary/aromatic N) is 6. The zero-order chi connectivity index (χ0) is 37.2. The van der Waals surface area contributed by atoms with Gasteiger partial charge in [0, 0.05) is 12.4 Å². The summed E-state index contributed by atoms with van der Waals surface area (Å²) in [5, 5.41) is 44.6. The Morgan fingerprint density at radius 2 is 1.56 bits per heavy atom. The van der Waals surface area contributed by atoms with Gasteiger partial charge in [-0.1, -0.05) is 24.3 Å². The van der Waals surface area contributed by atoms with Crippen molar-refractivity contribution >= 4 is 62.5 Å². The summed E-state index contributed by atoms with van der Waals surface area (Å²) in [5.74, 6) is -2.18. The first-order valence-electron chi connectivity index (χ1n) is 13.5. The second-order valence-electron chi connectivity index (χ2n) is 10.1. The molecule has 0 radical (unpaired) electrons. The molecule has 1 aromatic heterocycles. The molecule has 0 fully saturated rings. The molecule has 1 heterocycles. The van der Waals surface area contributed by atoms with Crippen molar-refractivity contribution in [2.24, 2.45) is 15.5 Å². The molecule has 25 heteroatoms. The third-order valence-corrected chi connectivity index (χ3v) is 11.5. The Balaban J connectivity index is 1.68. The van der Waals surface area contributed by atoms with Crippen LogP contribution >= 0.6 is 0 Å². The van der Waals surface area contributed by atoms with E-state index in [0.717, 1.165) is 42.1 Å². The summed E-state index contributed by atoms with van der Waals surface area (Å²) in [4.78, 5) is 9.53. The molecule has 0 saturated carbocycles. The van der Waals surface area contributed by atoms with Crippen LogP contribution in [-0.2, 0) is 51.0 Å². The second kappa shape index (κ2) is 14.4. The van der Waals surface area contributed by atoms with Crippen LogP contribution in [0, 0.1) is 4.91 Å². The summed E-state index contributed by atoms with van der Waals surface area (Å²) in [6.07, 6.45) is -2.44. The maximum atomic E-state index is 12.5. The minimum atomic E-state index is -5.02. The van der Waals surface area contributed by atoms with Gasteiger partial charge in [-0.15, -0.1) is 15.1 Å². The van der Waals surface area contributed by atoms with E-state index in [1.807, 2.05) is 0 Å². The molecule has 0 spiro atoms. The number of sulfone groups is 1. The zero-order valence-electron chi connectivity index (χ0n) is 25.2. The molecule has 50 heavy (non-hydrogen) atoms. The van der Waals surface area contributed by atoms with E-state index in [4.69, 9.17) is 4.55 Å². The maximum absolute atomic E-state index is 12.5. The fourth-order valence-corrected chi connectivity index (χ4v) is 7.59. The van der Waals surface area contributed by atoms with E-state index in [1.165, 1.54) is 24.3 Å². The lowest BCUT2D eigenvalue weighted by molar-refractivity contribution is -0.0456. The molecular weight excluding hydrogens is 753 g/mol. The van der Waals surface area contributed by atoms with Crippen molar-refractivity contribution in [2.45, 2.75) is 22.5 Å².